The molecule has 1 aromatic carbocycles. The molecule has 0 spiro atoms. The molecule has 6 heteroatoms. The predicted octanol–water partition coefficient (Wildman–Crippen LogP) is 1.39. The summed E-state index contributed by atoms with van der Waals surface area (Å²) in [5.74, 6) is -0.854. The van der Waals surface area contributed by atoms with Gasteiger partial charge in [-0.1, -0.05) is 13.0 Å². The van der Waals surface area contributed by atoms with E-state index in [0.717, 1.165) is 12.1 Å². The molecule has 0 saturated heterocycles. The second-order valence-electron chi connectivity index (χ2n) is 3.85. The van der Waals surface area contributed by atoms with Gasteiger partial charge in [0.2, 0.25) is 10.0 Å². The molecule has 1 atom stereocenters. The maximum Gasteiger partial charge on any atom is 0.243 e. The number of halogens is 1. The predicted molar refractivity (Wildman–Crippen MR) is 62.4 cm³/mol. The van der Waals surface area contributed by atoms with Crippen molar-refractivity contribution in [3.63, 3.8) is 0 Å². The Balaban J connectivity index is 3.07. The molecule has 0 aliphatic rings. The monoisotopic (exact) mass is 261 g/mol. The maximum atomic E-state index is 13.6. The van der Waals surface area contributed by atoms with Crippen molar-refractivity contribution in [2.24, 2.45) is 0 Å². The van der Waals surface area contributed by atoms with Crippen LogP contribution in [0.15, 0.2) is 23.1 Å². The van der Waals surface area contributed by atoms with Crippen LogP contribution in [0, 0.1) is 5.82 Å². The Morgan fingerprint density at radius 2 is 2.12 bits per heavy atom. The number of sulfonamides is 1. The lowest BCUT2D eigenvalue weighted by atomic mass is 10.2. The third kappa shape index (κ3) is 3.49. The summed E-state index contributed by atoms with van der Waals surface area (Å²) < 4.78 is 39.5. The fourth-order valence-corrected chi connectivity index (χ4v) is 2.66. The van der Waals surface area contributed by atoms with E-state index >= 15 is 0 Å². The highest BCUT2D eigenvalue weighted by Crippen LogP contribution is 2.16. The topological polar surface area (TPSA) is 66.4 Å². The van der Waals surface area contributed by atoms with E-state index in [0.29, 0.717) is 12.0 Å². The molecule has 0 radical (unpaired) electrons. The van der Waals surface area contributed by atoms with Gasteiger partial charge >= 0.3 is 0 Å². The van der Waals surface area contributed by atoms with Crippen molar-refractivity contribution in [2.75, 3.05) is 0 Å². The molecule has 0 amide bonds. The lowest BCUT2D eigenvalue weighted by Gasteiger charge is -2.12. The average molecular weight is 261 g/mol. The van der Waals surface area contributed by atoms with Crippen LogP contribution in [-0.4, -0.2) is 19.6 Å². The lowest BCUT2D eigenvalue weighted by Crippen LogP contribution is -2.32. The summed E-state index contributed by atoms with van der Waals surface area (Å²) in [4.78, 5) is -0.394. The smallest absolute Gasteiger partial charge is 0.243 e. The van der Waals surface area contributed by atoms with Gasteiger partial charge in [-0.05, 0) is 31.0 Å². The molecule has 96 valence electrons. The molecule has 0 aliphatic heterocycles. The van der Waals surface area contributed by atoms with E-state index in [-0.39, 0.29) is 12.6 Å². The molecule has 0 fully saturated rings. The molecule has 2 N–H and O–H groups in total. The molecule has 1 unspecified atom stereocenters. The van der Waals surface area contributed by atoms with E-state index in [1.165, 1.54) is 6.07 Å². The normalized spacial score (nSPS) is 13.6. The molecule has 0 aliphatic carbocycles. The average Bonchev–Trinajstić information content (AvgIpc) is 2.27. The minimum absolute atomic E-state index is 0.253. The first-order valence-electron chi connectivity index (χ1n) is 5.32. The van der Waals surface area contributed by atoms with E-state index in [4.69, 9.17) is 5.11 Å². The first kappa shape index (κ1) is 14.1. The van der Waals surface area contributed by atoms with Crippen molar-refractivity contribution >= 4 is 10.0 Å². The number of aliphatic hydroxyl groups excluding tert-OH is 1. The fraction of sp³-hybridized carbons (Fsp3) is 0.455. The number of benzene rings is 1. The van der Waals surface area contributed by atoms with Crippen molar-refractivity contribution in [3.05, 3.63) is 29.6 Å². The Kier molecular flexibility index (Phi) is 4.62. The van der Waals surface area contributed by atoms with Gasteiger partial charge in [0, 0.05) is 6.04 Å². The van der Waals surface area contributed by atoms with Gasteiger partial charge in [-0.25, -0.2) is 17.5 Å². The van der Waals surface area contributed by atoms with Gasteiger partial charge in [0.1, 0.15) is 10.7 Å². The van der Waals surface area contributed by atoms with E-state index in [9.17, 15) is 12.8 Å². The van der Waals surface area contributed by atoms with Crippen molar-refractivity contribution < 1.29 is 17.9 Å². The summed E-state index contributed by atoms with van der Waals surface area (Å²) in [5.41, 5.74) is 0.338. The standard InChI is InChI=1S/C11H16FNO3S/c1-3-8(2)13-17(15,16)11-5-4-9(7-14)6-10(11)12/h4-6,8,13-14H,3,7H2,1-2H3. The number of aliphatic hydroxyl groups is 1. The molecular weight excluding hydrogens is 245 g/mol. The molecule has 0 saturated carbocycles. The summed E-state index contributed by atoms with van der Waals surface area (Å²) in [6.45, 7) is 3.21. The van der Waals surface area contributed by atoms with Crippen LogP contribution in [-0.2, 0) is 16.6 Å². The highest BCUT2D eigenvalue weighted by atomic mass is 32.2. The van der Waals surface area contributed by atoms with Crippen molar-refractivity contribution in [1.29, 1.82) is 0 Å². The van der Waals surface area contributed by atoms with Gasteiger partial charge in [-0.2, -0.15) is 0 Å². The largest absolute Gasteiger partial charge is 0.392 e. The van der Waals surface area contributed by atoms with E-state index in [1.54, 1.807) is 6.92 Å². The van der Waals surface area contributed by atoms with Crippen LogP contribution in [0.25, 0.3) is 0 Å². The molecule has 1 rings (SSSR count). The van der Waals surface area contributed by atoms with Crippen LogP contribution in [0.2, 0.25) is 0 Å². The van der Waals surface area contributed by atoms with E-state index in [2.05, 4.69) is 4.72 Å². The first-order chi connectivity index (χ1) is 7.90. The third-order valence-corrected chi connectivity index (χ3v) is 4.06. The number of hydrogen-bond donors (Lipinski definition) is 2. The molecular formula is C11H16FNO3S. The van der Waals surface area contributed by atoms with Gasteiger partial charge in [0.15, 0.2) is 0 Å². The van der Waals surface area contributed by atoms with Crippen molar-refractivity contribution in [3.8, 4) is 0 Å². The van der Waals surface area contributed by atoms with Crippen LogP contribution < -0.4 is 4.72 Å². The lowest BCUT2D eigenvalue weighted by molar-refractivity contribution is 0.281. The first-order valence-corrected chi connectivity index (χ1v) is 6.80. The molecule has 0 aromatic heterocycles. The van der Waals surface area contributed by atoms with Crippen LogP contribution in [0.3, 0.4) is 0 Å². The second kappa shape index (κ2) is 5.57. The van der Waals surface area contributed by atoms with E-state index < -0.39 is 20.7 Å². The molecule has 1 aromatic rings. The van der Waals surface area contributed by atoms with Gasteiger partial charge in [0.05, 0.1) is 6.61 Å². The van der Waals surface area contributed by atoms with Crippen LogP contribution in [0.5, 0.6) is 0 Å². The number of hydrogen-bond acceptors (Lipinski definition) is 3. The minimum atomic E-state index is -3.83. The summed E-state index contributed by atoms with van der Waals surface area (Å²) >= 11 is 0. The Bertz CT molecular complexity index is 487. The number of nitrogens with one attached hydrogen (secondary N) is 1. The zero-order valence-corrected chi connectivity index (χ0v) is 10.6. The Morgan fingerprint density at radius 3 is 2.59 bits per heavy atom. The van der Waals surface area contributed by atoms with Gasteiger partial charge < -0.3 is 5.11 Å². The Hall–Kier alpha value is -0.980. The molecule has 0 heterocycles. The van der Waals surface area contributed by atoms with Crippen LogP contribution >= 0.6 is 0 Å². The maximum absolute atomic E-state index is 13.6. The highest BCUT2D eigenvalue weighted by molar-refractivity contribution is 7.89. The summed E-state index contributed by atoms with van der Waals surface area (Å²) in [5, 5.41) is 8.81. The summed E-state index contributed by atoms with van der Waals surface area (Å²) in [6, 6.07) is 3.31. The summed E-state index contributed by atoms with van der Waals surface area (Å²) in [6.07, 6.45) is 0.621. The SMILES string of the molecule is CCC(C)NS(=O)(=O)c1ccc(CO)cc1F. The minimum Gasteiger partial charge on any atom is -0.392 e. The zero-order chi connectivity index (χ0) is 13.1. The van der Waals surface area contributed by atoms with Crippen LogP contribution in [0.1, 0.15) is 25.8 Å². The molecule has 17 heavy (non-hydrogen) atoms. The van der Waals surface area contributed by atoms with Gasteiger partial charge in [-0.3, -0.25) is 0 Å². The Morgan fingerprint density at radius 1 is 1.47 bits per heavy atom. The van der Waals surface area contributed by atoms with E-state index in [1.807, 2.05) is 6.92 Å². The van der Waals surface area contributed by atoms with Crippen molar-refractivity contribution in [1.82, 2.24) is 4.72 Å². The van der Waals surface area contributed by atoms with Crippen molar-refractivity contribution in [2.45, 2.75) is 37.8 Å². The van der Waals surface area contributed by atoms with Gasteiger partial charge in [-0.15, -0.1) is 0 Å². The summed E-state index contributed by atoms with van der Waals surface area (Å²) in [7, 11) is -3.83. The third-order valence-electron chi connectivity index (χ3n) is 2.44. The fourth-order valence-electron chi connectivity index (χ4n) is 1.27. The second-order valence-corrected chi connectivity index (χ2v) is 5.54. The highest BCUT2D eigenvalue weighted by Gasteiger charge is 2.20. The van der Waals surface area contributed by atoms with Crippen LogP contribution in [0.4, 0.5) is 4.39 Å². The molecule has 4 nitrogen and oxygen atoms in total. The Labute approximate surface area is 101 Å². The quantitative estimate of drug-likeness (QED) is 0.842. The zero-order valence-electron chi connectivity index (χ0n) is 9.77. The van der Waals surface area contributed by atoms with Gasteiger partial charge in [0.25, 0.3) is 0 Å². The number of rotatable bonds is 5. The molecule has 0 bridgehead atoms.